The predicted molar refractivity (Wildman–Crippen MR) is 88.1 cm³/mol. The summed E-state index contributed by atoms with van der Waals surface area (Å²) in [5.41, 5.74) is 1.55. The molecule has 1 aromatic carbocycles. The molecule has 0 spiro atoms. The zero-order chi connectivity index (χ0) is 18.0. The quantitative estimate of drug-likeness (QED) is 0.731. The number of hydrogen-bond donors (Lipinski definition) is 1. The van der Waals surface area contributed by atoms with Crippen LogP contribution in [0.15, 0.2) is 34.9 Å². The third-order valence-electron chi connectivity index (χ3n) is 3.23. The number of thiazole rings is 1. The zero-order valence-corrected chi connectivity index (χ0v) is 14.1. The number of nitrogens with one attached hydrogen (secondary N) is 1. The summed E-state index contributed by atoms with van der Waals surface area (Å²) in [5, 5.41) is 6.72. The second-order valence-electron chi connectivity index (χ2n) is 5.10. The molecule has 9 heteroatoms. The standard InChI is InChI=1S/C16H13F2N3O3S/c1-8-7-12(21-24-8)14(22)20-16-19-13(9(2)25-16)10-3-5-11(6-4-10)23-15(17)18/h3-7,15H,1-2H3,(H,19,20,22). The van der Waals surface area contributed by atoms with Gasteiger partial charge in [-0.2, -0.15) is 8.78 Å². The van der Waals surface area contributed by atoms with Gasteiger partial charge in [-0.05, 0) is 38.1 Å². The smallest absolute Gasteiger partial charge is 0.387 e. The topological polar surface area (TPSA) is 77.2 Å². The molecule has 0 bridgehead atoms. The summed E-state index contributed by atoms with van der Waals surface area (Å²) in [4.78, 5) is 17.3. The van der Waals surface area contributed by atoms with Crippen molar-refractivity contribution >= 4 is 22.4 Å². The fourth-order valence-corrected chi connectivity index (χ4v) is 2.98. The molecule has 0 atom stereocenters. The summed E-state index contributed by atoms with van der Waals surface area (Å²) in [5.74, 6) is 0.187. The van der Waals surface area contributed by atoms with Crippen molar-refractivity contribution in [2.75, 3.05) is 5.32 Å². The molecular formula is C16H13F2N3O3S. The Labute approximate surface area is 145 Å². The minimum Gasteiger partial charge on any atom is -0.435 e. The molecule has 3 aromatic rings. The SMILES string of the molecule is Cc1cc(C(=O)Nc2nc(-c3ccc(OC(F)F)cc3)c(C)s2)no1. The van der Waals surface area contributed by atoms with Crippen LogP contribution in [0.5, 0.6) is 5.75 Å². The summed E-state index contributed by atoms with van der Waals surface area (Å²) in [7, 11) is 0. The summed E-state index contributed by atoms with van der Waals surface area (Å²) in [6.45, 7) is 0.678. The van der Waals surface area contributed by atoms with E-state index in [0.29, 0.717) is 16.6 Å². The molecule has 6 nitrogen and oxygen atoms in total. The first-order valence-electron chi connectivity index (χ1n) is 7.19. The fourth-order valence-electron chi connectivity index (χ4n) is 2.15. The van der Waals surface area contributed by atoms with Crippen molar-refractivity contribution in [2.24, 2.45) is 0 Å². The maximum atomic E-state index is 12.2. The molecular weight excluding hydrogens is 352 g/mol. The maximum absolute atomic E-state index is 12.2. The Morgan fingerprint density at radius 3 is 2.60 bits per heavy atom. The van der Waals surface area contributed by atoms with Crippen molar-refractivity contribution in [3.05, 3.63) is 46.7 Å². The lowest BCUT2D eigenvalue weighted by molar-refractivity contribution is -0.0498. The van der Waals surface area contributed by atoms with Gasteiger partial charge in [0.1, 0.15) is 11.5 Å². The maximum Gasteiger partial charge on any atom is 0.387 e. The molecule has 0 aliphatic carbocycles. The Hall–Kier alpha value is -2.81. The number of ether oxygens (including phenoxy) is 1. The Balaban J connectivity index is 1.77. The Morgan fingerprint density at radius 2 is 2.00 bits per heavy atom. The van der Waals surface area contributed by atoms with Crippen LogP contribution in [0.25, 0.3) is 11.3 Å². The van der Waals surface area contributed by atoms with Crippen molar-refractivity contribution in [3.8, 4) is 17.0 Å². The average Bonchev–Trinajstić information content (AvgIpc) is 3.13. The number of carbonyl (C=O) groups is 1. The molecule has 0 aliphatic heterocycles. The highest BCUT2D eigenvalue weighted by molar-refractivity contribution is 7.16. The van der Waals surface area contributed by atoms with Gasteiger partial charge in [0.2, 0.25) is 0 Å². The number of rotatable bonds is 5. The van der Waals surface area contributed by atoms with Crippen LogP contribution in [0.2, 0.25) is 0 Å². The molecule has 2 heterocycles. The third kappa shape index (κ3) is 4.00. The highest BCUT2D eigenvalue weighted by Crippen LogP contribution is 2.31. The van der Waals surface area contributed by atoms with E-state index in [2.05, 4.69) is 20.2 Å². The van der Waals surface area contributed by atoms with Gasteiger partial charge in [-0.3, -0.25) is 10.1 Å². The van der Waals surface area contributed by atoms with Crippen LogP contribution in [-0.2, 0) is 0 Å². The Kier molecular flexibility index (Phi) is 4.75. The van der Waals surface area contributed by atoms with Gasteiger partial charge in [-0.25, -0.2) is 4.98 Å². The Bertz CT molecular complexity index is 890. The molecule has 1 amide bonds. The minimum atomic E-state index is -2.87. The van der Waals surface area contributed by atoms with Crippen LogP contribution in [0.3, 0.4) is 0 Å². The lowest BCUT2D eigenvalue weighted by atomic mass is 10.1. The molecule has 2 aromatic heterocycles. The van der Waals surface area contributed by atoms with E-state index >= 15 is 0 Å². The molecule has 0 radical (unpaired) electrons. The monoisotopic (exact) mass is 365 g/mol. The van der Waals surface area contributed by atoms with Gasteiger partial charge < -0.3 is 9.26 Å². The van der Waals surface area contributed by atoms with Crippen LogP contribution < -0.4 is 10.1 Å². The number of aromatic nitrogens is 2. The number of alkyl halides is 2. The van der Waals surface area contributed by atoms with Crippen molar-refractivity contribution < 1.29 is 22.8 Å². The zero-order valence-electron chi connectivity index (χ0n) is 13.2. The van der Waals surface area contributed by atoms with E-state index in [1.807, 2.05) is 6.92 Å². The lowest BCUT2D eigenvalue weighted by Crippen LogP contribution is -2.11. The van der Waals surface area contributed by atoms with E-state index in [1.165, 1.54) is 29.5 Å². The number of carbonyl (C=O) groups excluding carboxylic acids is 1. The van der Waals surface area contributed by atoms with E-state index in [1.54, 1.807) is 19.1 Å². The second kappa shape index (κ2) is 6.98. The van der Waals surface area contributed by atoms with Gasteiger partial charge in [-0.15, -0.1) is 11.3 Å². The molecule has 130 valence electrons. The Morgan fingerprint density at radius 1 is 1.28 bits per heavy atom. The highest BCUT2D eigenvalue weighted by Gasteiger charge is 2.16. The third-order valence-corrected chi connectivity index (χ3v) is 4.12. The summed E-state index contributed by atoms with van der Waals surface area (Å²) < 4.78 is 33.6. The number of nitrogens with zero attached hydrogens (tertiary/aromatic N) is 2. The molecule has 3 rings (SSSR count). The normalized spacial score (nSPS) is 10.9. The molecule has 25 heavy (non-hydrogen) atoms. The number of halogens is 2. The van der Waals surface area contributed by atoms with E-state index in [4.69, 9.17) is 4.52 Å². The van der Waals surface area contributed by atoms with Gasteiger partial charge in [0.05, 0.1) is 5.69 Å². The fraction of sp³-hybridized carbons (Fsp3) is 0.188. The van der Waals surface area contributed by atoms with E-state index < -0.39 is 12.5 Å². The van der Waals surface area contributed by atoms with Crippen molar-refractivity contribution in [1.29, 1.82) is 0 Å². The largest absolute Gasteiger partial charge is 0.435 e. The second-order valence-corrected chi connectivity index (χ2v) is 6.31. The first-order valence-corrected chi connectivity index (χ1v) is 8.01. The van der Waals surface area contributed by atoms with Crippen LogP contribution in [0, 0.1) is 13.8 Å². The molecule has 1 N–H and O–H groups in total. The van der Waals surface area contributed by atoms with E-state index in [9.17, 15) is 13.6 Å². The van der Waals surface area contributed by atoms with Gasteiger partial charge >= 0.3 is 6.61 Å². The van der Waals surface area contributed by atoms with E-state index in [0.717, 1.165) is 10.4 Å². The summed E-state index contributed by atoms with van der Waals surface area (Å²) in [6.07, 6.45) is 0. The van der Waals surface area contributed by atoms with Crippen LogP contribution in [0.4, 0.5) is 13.9 Å². The van der Waals surface area contributed by atoms with Crippen molar-refractivity contribution in [2.45, 2.75) is 20.5 Å². The summed E-state index contributed by atoms with van der Waals surface area (Å²) in [6, 6.07) is 7.67. The van der Waals surface area contributed by atoms with E-state index in [-0.39, 0.29) is 11.4 Å². The van der Waals surface area contributed by atoms with Crippen LogP contribution >= 0.6 is 11.3 Å². The molecule has 0 aliphatic rings. The number of hydrogen-bond acceptors (Lipinski definition) is 6. The number of anilines is 1. The number of benzene rings is 1. The van der Waals surface area contributed by atoms with Gasteiger partial charge in [0.25, 0.3) is 5.91 Å². The average molecular weight is 365 g/mol. The first kappa shape index (κ1) is 17.0. The lowest BCUT2D eigenvalue weighted by Gasteiger charge is -2.05. The van der Waals surface area contributed by atoms with Crippen LogP contribution in [0.1, 0.15) is 21.1 Å². The molecule has 0 saturated carbocycles. The van der Waals surface area contributed by atoms with Gasteiger partial charge in [0.15, 0.2) is 10.8 Å². The number of aryl methyl sites for hydroxylation is 2. The predicted octanol–water partition coefficient (Wildman–Crippen LogP) is 4.27. The van der Waals surface area contributed by atoms with Crippen molar-refractivity contribution in [1.82, 2.24) is 10.1 Å². The number of amides is 1. The summed E-state index contributed by atoms with van der Waals surface area (Å²) >= 11 is 1.30. The first-order chi connectivity index (χ1) is 11.9. The molecule has 0 fully saturated rings. The minimum absolute atomic E-state index is 0.0709. The van der Waals surface area contributed by atoms with Gasteiger partial charge in [-0.1, -0.05) is 5.16 Å². The van der Waals surface area contributed by atoms with Gasteiger partial charge in [0, 0.05) is 16.5 Å². The molecule has 0 saturated heterocycles. The molecule has 0 unspecified atom stereocenters. The van der Waals surface area contributed by atoms with Crippen LogP contribution in [-0.4, -0.2) is 22.7 Å². The highest BCUT2D eigenvalue weighted by atomic mass is 32.1. The van der Waals surface area contributed by atoms with Crippen molar-refractivity contribution in [3.63, 3.8) is 0 Å².